The lowest BCUT2D eigenvalue weighted by molar-refractivity contribution is -0.384. The van der Waals surface area contributed by atoms with E-state index in [2.05, 4.69) is 15.9 Å². The van der Waals surface area contributed by atoms with Crippen LogP contribution in [0.5, 0.6) is 0 Å². The number of esters is 1. The predicted molar refractivity (Wildman–Crippen MR) is 67.4 cm³/mol. The number of nitro benzene ring substituents is 1. The molecule has 0 aliphatic rings. The predicted octanol–water partition coefficient (Wildman–Crippen LogP) is 1.74. The van der Waals surface area contributed by atoms with Gasteiger partial charge in [-0.1, -0.05) is 0 Å². The Balaban J connectivity index is 2.96. The lowest BCUT2D eigenvalue weighted by Gasteiger charge is -2.06. The van der Waals surface area contributed by atoms with Crippen molar-refractivity contribution in [2.24, 2.45) is 0 Å². The van der Waals surface area contributed by atoms with E-state index in [0.717, 1.165) is 6.07 Å². The van der Waals surface area contributed by atoms with Gasteiger partial charge in [0.1, 0.15) is 12.3 Å². The second-order valence-electron chi connectivity index (χ2n) is 3.28. The summed E-state index contributed by atoms with van der Waals surface area (Å²) < 4.78 is 9.84. The number of methoxy groups -OCH3 is 1. The molecule has 2 N–H and O–H groups in total. The molecule has 0 saturated carbocycles. The van der Waals surface area contributed by atoms with Crippen LogP contribution in [0.25, 0.3) is 0 Å². The van der Waals surface area contributed by atoms with Crippen molar-refractivity contribution in [3.05, 3.63) is 32.3 Å². The van der Waals surface area contributed by atoms with Crippen molar-refractivity contribution in [1.82, 2.24) is 0 Å². The first-order valence-electron chi connectivity index (χ1n) is 4.86. The van der Waals surface area contributed by atoms with Gasteiger partial charge in [-0.2, -0.15) is 0 Å². The van der Waals surface area contributed by atoms with Crippen molar-refractivity contribution in [1.29, 1.82) is 0 Å². The lowest BCUT2D eigenvalue weighted by atomic mass is 10.2. The average molecular weight is 319 g/mol. The number of ether oxygens (including phenoxy) is 2. The highest BCUT2D eigenvalue weighted by molar-refractivity contribution is 9.10. The molecule has 1 rings (SSSR count). The molecule has 0 aliphatic heterocycles. The van der Waals surface area contributed by atoms with Crippen molar-refractivity contribution in [2.75, 3.05) is 26.1 Å². The van der Waals surface area contributed by atoms with Gasteiger partial charge in [-0.15, -0.1) is 0 Å². The van der Waals surface area contributed by atoms with Crippen LogP contribution < -0.4 is 5.73 Å². The van der Waals surface area contributed by atoms with Crippen molar-refractivity contribution >= 4 is 33.3 Å². The molecule has 1 aromatic rings. The molecule has 0 atom stereocenters. The van der Waals surface area contributed by atoms with Crippen LogP contribution in [0.3, 0.4) is 0 Å². The number of hydrogen-bond donors (Lipinski definition) is 1. The summed E-state index contributed by atoms with van der Waals surface area (Å²) in [7, 11) is 1.47. The van der Waals surface area contributed by atoms with Crippen molar-refractivity contribution in [2.45, 2.75) is 0 Å². The number of benzene rings is 1. The zero-order chi connectivity index (χ0) is 13.7. The van der Waals surface area contributed by atoms with Gasteiger partial charge in [0.25, 0.3) is 5.69 Å². The first-order valence-corrected chi connectivity index (χ1v) is 5.66. The first kappa shape index (κ1) is 14.4. The summed E-state index contributed by atoms with van der Waals surface area (Å²) in [5.41, 5.74) is 5.19. The number of carbonyl (C=O) groups is 1. The molecule has 18 heavy (non-hydrogen) atoms. The van der Waals surface area contributed by atoms with Crippen LogP contribution in [0.4, 0.5) is 11.4 Å². The minimum absolute atomic E-state index is 0.0339. The zero-order valence-electron chi connectivity index (χ0n) is 9.51. The molecule has 0 radical (unpaired) electrons. The Morgan fingerprint density at radius 3 is 2.72 bits per heavy atom. The summed E-state index contributed by atoms with van der Waals surface area (Å²) in [6.07, 6.45) is 0. The number of halogens is 1. The summed E-state index contributed by atoms with van der Waals surface area (Å²) in [5, 5.41) is 10.7. The lowest BCUT2D eigenvalue weighted by Crippen LogP contribution is -2.11. The maximum atomic E-state index is 11.6. The smallest absolute Gasteiger partial charge is 0.338 e. The molecule has 0 bridgehead atoms. The second-order valence-corrected chi connectivity index (χ2v) is 4.13. The van der Waals surface area contributed by atoms with E-state index in [9.17, 15) is 14.9 Å². The fourth-order valence-corrected chi connectivity index (χ4v) is 1.62. The Labute approximate surface area is 111 Å². The molecule has 0 amide bonds. The van der Waals surface area contributed by atoms with Gasteiger partial charge < -0.3 is 15.2 Å². The van der Waals surface area contributed by atoms with Crippen LogP contribution in [-0.4, -0.2) is 31.2 Å². The molecular weight excluding hydrogens is 308 g/mol. The van der Waals surface area contributed by atoms with E-state index in [1.165, 1.54) is 13.2 Å². The summed E-state index contributed by atoms with van der Waals surface area (Å²) >= 11 is 3.05. The van der Waals surface area contributed by atoms with Crippen molar-refractivity contribution in [3.8, 4) is 0 Å². The van der Waals surface area contributed by atoms with Gasteiger partial charge in [0, 0.05) is 17.6 Å². The third-order valence-electron chi connectivity index (χ3n) is 2.06. The molecule has 0 unspecified atom stereocenters. The maximum Gasteiger partial charge on any atom is 0.338 e. The molecular formula is C10H11BrN2O5. The van der Waals surface area contributed by atoms with Gasteiger partial charge >= 0.3 is 5.97 Å². The van der Waals surface area contributed by atoms with E-state index in [1.54, 1.807) is 0 Å². The minimum Gasteiger partial charge on any atom is -0.460 e. The normalized spacial score (nSPS) is 10.1. The number of nitrogen functional groups attached to an aromatic ring is 1. The number of nitrogens with two attached hydrogens (primary N) is 1. The molecule has 0 fully saturated rings. The SMILES string of the molecule is COCCOC(=O)c1cc(Br)c(N)c([N+](=O)[O-])c1. The van der Waals surface area contributed by atoms with Crippen molar-refractivity contribution in [3.63, 3.8) is 0 Å². The Kier molecular flexibility index (Phi) is 5.05. The van der Waals surface area contributed by atoms with Crippen LogP contribution in [0, 0.1) is 10.1 Å². The van der Waals surface area contributed by atoms with Crippen molar-refractivity contribution < 1.29 is 19.2 Å². The zero-order valence-corrected chi connectivity index (χ0v) is 11.1. The van der Waals surface area contributed by atoms with Crippen LogP contribution in [-0.2, 0) is 9.47 Å². The van der Waals surface area contributed by atoms with Gasteiger partial charge in [-0.25, -0.2) is 4.79 Å². The summed E-state index contributed by atoms with van der Waals surface area (Å²) in [6, 6.07) is 2.45. The Bertz CT molecular complexity index is 478. The van der Waals surface area contributed by atoms with E-state index in [0.29, 0.717) is 0 Å². The highest BCUT2D eigenvalue weighted by atomic mass is 79.9. The van der Waals surface area contributed by atoms with Gasteiger partial charge in [-0.05, 0) is 22.0 Å². The van der Waals surface area contributed by atoms with E-state index in [1.807, 2.05) is 0 Å². The highest BCUT2D eigenvalue weighted by Gasteiger charge is 2.19. The third kappa shape index (κ3) is 3.41. The van der Waals surface area contributed by atoms with E-state index >= 15 is 0 Å². The van der Waals surface area contributed by atoms with Crippen LogP contribution in [0.2, 0.25) is 0 Å². The van der Waals surface area contributed by atoms with E-state index in [4.69, 9.17) is 15.2 Å². The number of anilines is 1. The Hall–Kier alpha value is -1.67. The number of nitrogens with zero attached hydrogens (tertiary/aromatic N) is 1. The van der Waals surface area contributed by atoms with Gasteiger partial charge in [0.15, 0.2) is 0 Å². The van der Waals surface area contributed by atoms with Crippen LogP contribution in [0.15, 0.2) is 16.6 Å². The fourth-order valence-electron chi connectivity index (χ4n) is 1.17. The molecule has 98 valence electrons. The minimum atomic E-state index is -0.671. The molecule has 0 heterocycles. The van der Waals surface area contributed by atoms with Gasteiger partial charge in [0.05, 0.1) is 17.1 Å². The summed E-state index contributed by atoms with van der Waals surface area (Å²) in [5.74, 6) is -0.671. The summed E-state index contributed by atoms with van der Waals surface area (Å²) in [4.78, 5) is 21.7. The number of nitro groups is 1. The third-order valence-corrected chi connectivity index (χ3v) is 2.72. The largest absolute Gasteiger partial charge is 0.460 e. The highest BCUT2D eigenvalue weighted by Crippen LogP contribution is 2.31. The number of rotatable bonds is 5. The number of hydrogen-bond acceptors (Lipinski definition) is 6. The standard InChI is InChI=1S/C10H11BrN2O5/c1-17-2-3-18-10(14)6-4-7(11)9(12)8(5-6)13(15)16/h4-5H,2-3,12H2,1H3. The molecule has 7 nitrogen and oxygen atoms in total. The average Bonchev–Trinajstić information content (AvgIpc) is 2.32. The molecule has 1 aromatic carbocycles. The van der Waals surface area contributed by atoms with Crippen LogP contribution in [0.1, 0.15) is 10.4 Å². The second kappa shape index (κ2) is 6.31. The molecule has 8 heteroatoms. The molecule has 0 spiro atoms. The Morgan fingerprint density at radius 2 is 2.17 bits per heavy atom. The number of carbonyl (C=O) groups excluding carboxylic acids is 1. The molecule has 0 aliphatic carbocycles. The Morgan fingerprint density at radius 1 is 1.50 bits per heavy atom. The van der Waals surface area contributed by atoms with Gasteiger partial charge in [0.2, 0.25) is 0 Å². The van der Waals surface area contributed by atoms with E-state index in [-0.39, 0.29) is 34.6 Å². The topological polar surface area (TPSA) is 105 Å². The molecule has 0 aromatic heterocycles. The van der Waals surface area contributed by atoms with Crippen LogP contribution >= 0.6 is 15.9 Å². The monoisotopic (exact) mass is 318 g/mol. The molecule has 0 saturated heterocycles. The fraction of sp³-hybridized carbons (Fsp3) is 0.300. The van der Waals surface area contributed by atoms with E-state index < -0.39 is 10.9 Å². The summed E-state index contributed by atoms with van der Waals surface area (Å²) in [6.45, 7) is 0.328. The quantitative estimate of drug-likeness (QED) is 0.291. The maximum absolute atomic E-state index is 11.6. The van der Waals surface area contributed by atoms with Gasteiger partial charge in [-0.3, -0.25) is 10.1 Å². The first-order chi connectivity index (χ1) is 8.47.